The second-order valence-corrected chi connectivity index (χ2v) is 4.22. The molecule has 0 saturated carbocycles. The fourth-order valence-electron chi connectivity index (χ4n) is 1.80. The SMILES string of the molecule is CCc1ccc(CNc2cccc(C#N)c2)cc1. The van der Waals surface area contributed by atoms with Gasteiger partial charge in [-0.1, -0.05) is 37.3 Å². The molecule has 0 bridgehead atoms. The molecule has 2 aromatic rings. The highest BCUT2D eigenvalue weighted by Crippen LogP contribution is 2.12. The first-order chi connectivity index (χ1) is 8.81. The fourth-order valence-corrected chi connectivity index (χ4v) is 1.80. The number of anilines is 1. The van der Waals surface area contributed by atoms with E-state index in [1.807, 2.05) is 18.2 Å². The summed E-state index contributed by atoms with van der Waals surface area (Å²) in [6.45, 7) is 2.93. The van der Waals surface area contributed by atoms with Gasteiger partial charge in [0.15, 0.2) is 0 Å². The molecule has 0 heterocycles. The first-order valence-corrected chi connectivity index (χ1v) is 6.13. The van der Waals surface area contributed by atoms with Crippen LogP contribution >= 0.6 is 0 Å². The first-order valence-electron chi connectivity index (χ1n) is 6.13. The van der Waals surface area contributed by atoms with Crippen LogP contribution in [0.2, 0.25) is 0 Å². The number of nitrogens with zero attached hydrogens (tertiary/aromatic N) is 1. The van der Waals surface area contributed by atoms with Crippen molar-refractivity contribution in [1.29, 1.82) is 5.26 Å². The van der Waals surface area contributed by atoms with Gasteiger partial charge in [0.2, 0.25) is 0 Å². The number of rotatable bonds is 4. The molecule has 2 aromatic carbocycles. The van der Waals surface area contributed by atoms with E-state index in [-0.39, 0.29) is 0 Å². The van der Waals surface area contributed by atoms with Crippen LogP contribution in [-0.4, -0.2) is 0 Å². The van der Waals surface area contributed by atoms with Crippen molar-refractivity contribution in [2.24, 2.45) is 0 Å². The van der Waals surface area contributed by atoms with Gasteiger partial charge in [0.25, 0.3) is 0 Å². The number of hydrogen-bond acceptors (Lipinski definition) is 2. The van der Waals surface area contributed by atoms with Crippen LogP contribution in [0.1, 0.15) is 23.6 Å². The Morgan fingerprint density at radius 3 is 2.44 bits per heavy atom. The van der Waals surface area contributed by atoms with Crippen LogP contribution < -0.4 is 5.32 Å². The summed E-state index contributed by atoms with van der Waals surface area (Å²) in [5.74, 6) is 0. The lowest BCUT2D eigenvalue weighted by Gasteiger charge is -2.07. The van der Waals surface area contributed by atoms with Crippen molar-refractivity contribution >= 4 is 5.69 Å². The Morgan fingerprint density at radius 2 is 1.78 bits per heavy atom. The summed E-state index contributed by atoms with van der Waals surface area (Å²) >= 11 is 0. The van der Waals surface area contributed by atoms with Crippen molar-refractivity contribution in [2.45, 2.75) is 19.9 Å². The molecule has 0 fully saturated rings. The summed E-state index contributed by atoms with van der Waals surface area (Å²) in [6, 6.07) is 18.3. The van der Waals surface area contributed by atoms with E-state index in [1.165, 1.54) is 11.1 Å². The average molecular weight is 236 g/mol. The first kappa shape index (κ1) is 12.2. The molecular weight excluding hydrogens is 220 g/mol. The summed E-state index contributed by atoms with van der Waals surface area (Å²) in [5, 5.41) is 12.1. The lowest BCUT2D eigenvalue weighted by Crippen LogP contribution is -1.99. The molecule has 0 atom stereocenters. The summed E-state index contributed by atoms with van der Waals surface area (Å²) in [4.78, 5) is 0. The Hall–Kier alpha value is -2.27. The van der Waals surface area contributed by atoms with Crippen molar-refractivity contribution in [2.75, 3.05) is 5.32 Å². The lowest BCUT2D eigenvalue weighted by atomic mass is 10.1. The van der Waals surface area contributed by atoms with Crippen molar-refractivity contribution in [3.05, 3.63) is 65.2 Å². The van der Waals surface area contributed by atoms with Gasteiger partial charge in [-0.25, -0.2) is 0 Å². The zero-order chi connectivity index (χ0) is 12.8. The number of nitrogens with one attached hydrogen (secondary N) is 1. The van der Waals surface area contributed by atoms with Crippen LogP contribution in [0.15, 0.2) is 48.5 Å². The van der Waals surface area contributed by atoms with Crippen molar-refractivity contribution in [1.82, 2.24) is 0 Å². The van der Waals surface area contributed by atoms with E-state index in [0.29, 0.717) is 5.56 Å². The van der Waals surface area contributed by atoms with Gasteiger partial charge in [0, 0.05) is 12.2 Å². The van der Waals surface area contributed by atoms with E-state index in [0.717, 1.165) is 18.7 Å². The molecule has 0 spiro atoms. The maximum Gasteiger partial charge on any atom is 0.0992 e. The van der Waals surface area contributed by atoms with Gasteiger partial charge in [-0.15, -0.1) is 0 Å². The predicted molar refractivity (Wildman–Crippen MR) is 74.3 cm³/mol. The molecule has 18 heavy (non-hydrogen) atoms. The number of benzene rings is 2. The number of aryl methyl sites for hydroxylation is 1. The minimum Gasteiger partial charge on any atom is -0.381 e. The molecule has 0 unspecified atom stereocenters. The maximum absolute atomic E-state index is 8.83. The molecule has 0 saturated heterocycles. The second-order valence-electron chi connectivity index (χ2n) is 4.22. The third kappa shape index (κ3) is 3.11. The Bertz CT molecular complexity index is 550. The highest BCUT2D eigenvalue weighted by Gasteiger charge is 1.96. The van der Waals surface area contributed by atoms with Crippen molar-refractivity contribution in [3.63, 3.8) is 0 Å². The highest BCUT2D eigenvalue weighted by molar-refractivity contribution is 5.49. The van der Waals surface area contributed by atoms with Crippen LogP contribution in [0, 0.1) is 11.3 Å². The smallest absolute Gasteiger partial charge is 0.0992 e. The molecule has 1 N–H and O–H groups in total. The summed E-state index contributed by atoms with van der Waals surface area (Å²) in [5.41, 5.74) is 4.26. The van der Waals surface area contributed by atoms with Gasteiger partial charge in [-0.3, -0.25) is 0 Å². The third-order valence-corrected chi connectivity index (χ3v) is 2.92. The Balaban J connectivity index is 2.00. The minimum atomic E-state index is 0.682. The van der Waals surface area contributed by atoms with E-state index in [4.69, 9.17) is 5.26 Å². The zero-order valence-corrected chi connectivity index (χ0v) is 10.5. The van der Waals surface area contributed by atoms with Gasteiger partial charge in [-0.2, -0.15) is 5.26 Å². The van der Waals surface area contributed by atoms with Crippen molar-refractivity contribution in [3.8, 4) is 6.07 Å². The molecule has 0 aliphatic carbocycles. The van der Waals surface area contributed by atoms with Crippen LogP contribution in [0.5, 0.6) is 0 Å². The summed E-state index contributed by atoms with van der Waals surface area (Å²) in [6.07, 6.45) is 1.07. The molecule has 0 aliphatic heterocycles. The minimum absolute atomic E-state index is 0.682. The molecule has 0 aromatic heterocycles. The third-order valence-electron chi connectivity index (χ3n) is 2.92. The van der Waals surface area contributed by atoms with Crippen LogP contribution in [0.4, 0.5) is 5.69 Å². The van der Waals surface area contributed by atoms with E-state index in [9.17, 15) is 0 Å². The maximum atomic E-state index is 8.83. The topological polar surface area (TPSA) is 35.8 Å². The molecule has 2 nitrogen and oxygen atoms in total. The summed E-state index contributed by atoms with van der Waals surface area (Å²) in [7, 11) is 0. The normalized spacial score (nSPS) is 9.78. The van der Waals surface area contributed by atoms with Crippen LogP contribution in [-0.2, 0) is 13.0 Å². The molecule has 0 radical (unpaired) electrons. The van der Waals surface area contributed by atoms with Crippen LogP contribution in [0.25, 0.3) is 0 Å². The second kappa shape index (κ2) is 5.88. The van der Waals surface area contributed by atoms with E-state index in [2.05, 4.69) is 42.6 Å². The average Bonchev–Trinajstić information content (AvgIpc) is 2.46. The molecule has 2 rings (SSSR count). The number of hydrogen-bond donors (Lipinski definition) is 1. The van der Waals surface area contributed by atoms with E-state index in [1.54, 1.807) is 6.07 Å². The predicted octanol–water partition coefficient (Wildman–Crippen LogP) is 3.73. The molecule has 0 aliphatic rings. The van der Waals surface area contributed by atoms with Gasteiger partial charge in [-0.05, 0) is 35.7 Å². The molecule has 2 heteroatoms. The van der Waals surface area contributed by atoms with Gasteiger partial charge < -0.3 is 5.32 Å². The van der Waals surface area contributed by atoms with Crippen molar-refractivity contribution < 1.29 is 0 Å². The molecule has 0 amide bonds. The fraction of sp³-hybridized carbons (Fsp3) is 0.188. The van der Waals surface area contributed by atoms with E-state index >= 15 is 0 Å². The summed E-state index contributed by atoms with van der Waals surface area (Å²) < 4.78 is 0. The zero-order valence-electron chi connectivity index (χ0n) is 10.5. The molecular formula is C16H16N2. The van der Waals surface area contributed by atoms with E-state index < -0.39 is 0 Å². The van der Waals surface area contributed by atoms with Gasteiger partial charge in [0.1, 0.15) is 0 Å². The largest absolute Gasteiger partial charge is 0.381 e. The number of nitriles is 1. The Labute approximate surface area is 108 Å². The monoisotopic (exact) mass is 236 g/mol. The van der Waals surface area contributed by atoms with Crippen LogP contribution in [0.3, 0.4) is 0 Å². The quantitative estimate of drug-likeness (QED) is 0.878. The Morgan fingerprint density at radius 1 is 1.06 bits per heavy atom. The lowest BCUT2D eigenvalue weighted by molar-refractivity contribution is 1.11. The standard InChI is InChI=1S/C16H16N2/c1-2-13-6-8-14(9-7-13)12-18-16-5-3-4-15(10-16)11-17/h3-10,18H,2,12H2,1H3. The molecule has 90 valence electrons. The highest BCUT2D eigenvalue weighted by atomic mass is 14.9. The van der Waals surface area contributed by atoms with Gasteiger partial charge >= 0.3 is 0 Å². The Kier molecular flexibility index (Phi) is 3.98. The van der Waals surface area contributed by atoms with Gasteiger partial charge in [0.05, 0.1) is 11.6 Å².